The van der Waals surface area contributed by atoms with Gasteiger partial charge in [0.05, 0.1) is 11.3 Å². The molecule has 0 bridgehead atoms. The number of fused-ring (bicyclic) bond motifs is 2. The molecule has 7 nitrogen and oxygen atoms in total. The molecule has 0 unspecified atom stereocenters. The fraction of sp³-hybridized carbons (Fsp3) is 0.429. The number of thiophene rings is 1. The lowest BCUT2D eigenvalue weighted by molar-refractivity contribution is -0.120. The van der Waals surface area contributed by atoms with Crippen LogP contribution in [0.25, 0.3) is 0 Å². The van der Waals surface area contributed by atoms with Crippen molar-refractivity contribution < 1.29 is 18.0 Å². The van der Waals surface area contributed by atoms with E-state index in [4.69, 9.17) is 5.73 Å². The van der Waals surface area contributed by atoms with E-state index in [9.17, 15) is 18.0 Å². The SMILES string of the molecule is CCS(=O)(=O)N1Cc2ccccc2C[C@H]1C(=O)Nc1sc2c(c1C(N)=O)CCCC2. The minimum absolute atomic E-state index is 0.0845. The van der Waals surface area contributed by atoms with Gasteiger partial charge in [0.15, 0.2) is 0 Å². The first-order chi connectivity index (χ1) is 14.3. The van der Waals surface area contributed by atoms with E-state index in [1.807, 2.05) is 24.3 Å². The molecule has 2 aliphatic rings. The third kappa shape index (κ3) is 3.77. The van der Waals surface area contributed by atoms with Crippen LogP contribution < -0.4 is 11.1 Å². The molecule has 0 saturated carbocycles. The molecular formula is C21H25N3O4S2. The van der Waals surface area contributed by atoms with Crippen LogP contribution in [0.15, 0.2) is 24.3 Å². The zero-order valence-electron chi connectivity index (χ0n) is 16.8. The number of sulfonamides is 1. The van der Waals surface area contributed by atoms with E-state index in [2.05, 4.69) is 5.32 Å². The summed E-state index contributed by atoms with van der Waals surface area (Å²) in [6.07, 6.45) is 3.95. The van der Waals surface area contributed by atoms with E-state index in [0.29, 0.717) is 10.6 Å². The third-order valence-electron chi connectivity index (χ3n) is 5.88. The zero-order chi connectivity index (χ0) is 21.5. The maximum atomic E-state index is 13.3. The normalized spacial score (nSPS) is 19.0. The minimum Gasteiger partial charge on any atom is -0.365 e. The average molecular weight is 448 g/mol. The van der Waals surface area contributed by atoms with Crippen LogP contribution in [0.4, 0.5) is 5.00 Å². The standard InChI is InChI=1S/C21H25N3O4S2/c1-2-30(27,28)24-12-14-8-4-3-7-13(14)11-16(24)20(26)23-21-18(19(22)25)15-9-5-6-10-17(15)29-21/h3-4,7-8,16H,2,5-6,9-12H2,1H3,(H2,22,25)(H,23,26)/t16-/m0/s1. The molecule has 30 heavy (non-hydrogen) atoms. The Labute approximate surface area is 180 Å². The molecule has 9 heteroatoms. The number of hydrogen-bond donors (Lipinski definition) is 2. The van der Waals surface area contributed by atoms with Crippen molar-refractivity contribution in [3.05, 3.63) is 51.4 Å². The molecule has 1 atom stereocenters. The van der Waals surface area contributed by atoms with Gasteiger partial charge in [0.2, 0.25) is 15.9 Å². The van der Waals surface area contributed by atoms with E-state index in [0.717, 1.165) is 47.3 Å². The highest BCUT2D eigenvalue weighted by molar-refractivity contribution is 7.89. The molecule has 0 saturated heterocycles. The Balaban J connectivity index is 1.68. The van der Waals surface area contributed by atoms with Crippen molar-refractivity contribution in [2.75, 3.05) is 11.1 Å². The number of nitrogens with one attached hydrogen (secondary N) is 1. The van der Waals surface area contributed by atoms with Gasteiger partial charge in [-0.1, -0.05) is 24.3 Å². The zero-order valence-corrected chi connectivity index (χ0v) is 18.4. The van der Waals surface area contributed by atoms with Gasteiger partial charge in [-0.25, -0.2) is 8.42 Å². The molecule has 1 aliphatic heterocycles. The molecule has 1 aromatic heterocycles. The van der Waals surface area contributed by atoms with Gasteiger partial charge in [0.25, 0.3) is 5.91 Å². The highest BCUT2D eigenvalue weighted by atomic mass is 32.2. The van der Waals surface area contributed by atoms with Crippen LogP contribution in [0.1, 0.15) is 51.7 Å². The number of carbonyl (C=O) groups is 2. The van der Waals surface area contributed by atoms with Gasteiger partial charge in [-0.05, 0) is 55.7 Å². The van der Waals surface area contributed by atoms with Crippen molar-refractivity contribution in [2.45, 2.75) is 51.6 Å². The van der Waals surface area contributed by atoms with E-state index in [1.165, 1.54) is 15.6 Å². The molecule has 2 aromatic rings. The van der Waals surface area contributed by atoms with Crippen LogP contribution in [0, 0.1) is 0 Å². The van der Waals surface area contributed by atoms with Crippen LogP contribution in [0.3, 0.4) is 0 Å². The summed E-state index contributed by atoms with van der Waals surface area (Å²) in [7, 11) is -3.59. The van der Waals surface area contributed by atoms with Crippen molar-refractivity contribution >= 4 is 38.2 Å². The van der Waals surface area contributed by atoms with Crippen LogP contribution >= 0.6 is 11.3 Å². The van der Waals surface area contributed by atoms with Crippen LogP contribution in [0.5, 0.6) is 0 Å². The van der Waals surface area contributed by atoms with E-state index in [-0.39, 0.29) is 18.7 Å². The average Bonchev–Trinajstić information content (AvgIpc) is 3.10. The molecule has 1 aromatic carbocycles. The second kappa shape index (κ2) is 8.13. The molecule has 2 amide bonds. The van der Waals surface area contributed by atoms with Gasteiger partial charge in [-0.2, -0.15) is 4.31 Å². The predicted molar refractivity (Wildman–Crippen MR) is 117 cm³/mol. The van der Waals surface area contributed by atoms with Crippen LogP contribution in [-0.4, -0.2) is 36.3 Å². The molecule has 4 rings (SSSR count). The number of aryl methyl sites for hydroxylation is 1. The number of nitrogens with zero attached hydrogens (tertiary/aromatic N) is 1. The molecule has 0 spiro atoms. The highest BCUT2D eigenvalue weighted by Crippen LogP contribution is 2.38. The number of rotatable bonds is 5. The number of carbonyl (C=O) groups excluding carboxylic acids is 2. The van der Waals surface area contributed by atoms with Gasteiger partial charge in [-0.3, -0.25) is 9.59 Å². The number of benzene rings is 1. The topological polar surface area (TPSA) is 110 Å². The molecule has 3 N–H and O–H groups in total. The monoisotopic (exact) mass is 447 g/mol. The number of amides is 2. The fourth-order valence-corrected chi connectivity index (χ4v) is 6.81. The first-order valence-electron chi connectivity index (χ1n) is 10.1. The largest absolute Gasteiger partial charge is 0.365 e. The summed E-state index contributed by atoms with van der Waals surface area (Å²) >= 11 is 1.38. The summed E-state index contributed by atoms with van der Waals surface area (Å²) in [5.74, 6) is -1.07. The molecule has 0 radical (unpaired) electrons. The van der Waals surface area contributed by atoms with Crippen molar-refractivity contribution in [2.24, 2.45) is 5.73 Å². The second-order valence-corrected chi connectivity index (χ2v) is 11.0. The van der Waals surface area contributed by atoms with Crippen LogP contribution in [0.2, 0.25) is 0 Å². The fourth-order valence-electron chi connectivity index (χ4n) is 4.29. The number of primary amides is 1. The van der Waals surface area contributed by atoms with E-state index >= 15 is 0 Å². The Bertz CT molecular complexity index is 1110. The lowest BCUT2D eigenvalue weighted by atomic mass is 9.94. The molecular weight excluding hydrogens is 422 g/mol. The van der Waals surface area contributed by atoms with Gasteiger partial charge < -0.3 is 11.1 Å². The van der Waals surface area contributed by atoms with E-state index in [1.54, 1.807) is 6.92 Å². The quantitative estimate of drug-likeness (QED) is 0.733. The van der Waals surface area contributed by atoms with Gasteiger partial charge in [0, 0.05) is 11.4 Å². The number of anilines is 1. The number of hydrogen-bond acceptors (Lipinski definition) is 5. The minimum atomic E-state index is -3.59. The number of nitrogens with two attached hydrogens (primary N) is 1. The maximum Gasteiger partial charge on any atom is 0.251 e. The van der Waals surface area contributed by atoms with E-state index < -0.39 is 27.9 Å². The van der Waals surface area contributed by atoms with Crippen molar-refractivity contribution in [3.63, 3.8) is 0 Å². The summed E-state index contributed by atoms with van der Waals surface area (Å²) in [5.41, 5.74) is 8.80. The molecule has 160 valence electrons. The Morgan fingerprint density at radius 3 is 2.60 bits per heavy atom. The van der Waals surface area contributed by atoms with Crippen molar-refractivity contribution in [1.82, 2.24) is 4.31 Å². The predicted octanol–water partition coefficient (Wildman–Crippen LogP) is 2.44. The summed E-state index contributed by atoms with van der Waals surface area (Å²) in [5, 5.41) is 3.29. The summed E-state index contributed by atoms with van der Waals surface area (Å²) in [4.78, 5) is 26.5. The highest BCUT2D eigenvalue weighted by Gasteiger charge is 2.38. The van der Waals surface area contributed by atoms with Gasteiger partial charge in [-0.15, -0.1) is 11.3 Å². The first-order valence-corrected chi connectivity index (χ1v) is 12.6. The lowest BCUT2D eigenvalue weighted by Gasteiger charge is -2.34. The van der Waals surface area contributed by atoms with Crippen molar-refractivity contribution in [3.8, 4) is 0 Å². The molecule has 0 fully saturated rings. The first kappa shape index (κ1) is 21.0. The second-order valence-electron chi connectivity index (χ2n) is 7.70. The molecule has 1 aliphatic carbocycles. The van der Waals surface area contributed by atoms with Gasteiger partial charge in [0.1, 0.15) is 11.0 Å². The Kier molecular flexibility index (Phi) is 5.69. The summed E-state index contributed by atoms with van der Waals surface area (Å²) in [6, 6.07) is 6.69. The van der Waals surface area contributed by atoms with Gasteiger partial charge >= 0.3 is 0 Å². The Hall–Kier alpha value is -2.23. The summed E-state index contributed by atoms with van der Waals surface area (Å²) in [6.45, 7) is 1.73. The Morgan fingerprint density at radius 2 is 1.90 bits per heavy atom. The molecule has 2 heterocycles. The maximum absolute atomic E-state index is 13.3. The lowest BCUT2D eigenvalue weighted by Crippen LogP contribution is -2.51. The smallest absolute Gasteiger partial charge is 0.251 e. The Morgan fingerprint density at radius 1 is 1.20 bits per heavy atom. The third-order valence-corrected chi connectivity index (χ3v) is 8.92. The van der Waals surface area contributed by atoms with Crippen LogP contribution in [-0.2, 0) is 40.6 Å². The summed E-state index contributed by atoms with van der Waals surface area (Å²) < 4.78 is 26.8. The van der Waals surface area contributed by atoms with Crippen molar-refractivity contribution in [1.29, 1.82) is 0 Å².